The third-order valence-electron chi connectivity index (χ3n) is 2.23. The van der Waals surface area contributed by atoms with Crippen molar-refractivity contribution in [2.24, 2.45) is 12.8 Å². The minimum atomic E-state index is -0.350. The van der Waals surface area contributed by atoms with Crippen molar-refractivity contribution in [1.29, 1.82) is 0 Å². The highest BCUT2D eigenvalue weighted by molar-refractivity contribution is 5.01. The molecule has 1 atom stereocenters. The molecule has 0 aliphatic heterocycles. The molecular formula is C11H21N3O2. The molecule has 0 spiro atoms. The van der Waals surface area contributed by atoms with E-state index in [9.17, 15) is 0 Å². The van der Waals surface area contributed by atoms with Gasteiger partial charge in [-0.3, -0.25) is 4.68 Å². The second kappa shape index (κ2) is 6.62. The van der Waals surface area contributed by atoms with Crippen LogP contribution in [0.4, 0.5) is 0 Å². The summed E-state index contributed by atoms with van der Waals surface area (Å²) in [4.78, 5) is 0. The molecule has 16 heavy (non-hydrogen) atoms. The Kier molecular flexibility index (Phi) is 5.45. The number of nitrogens with two attached hydrogens (primary N) is 1. The Morgan fingerprint density at radius 3 is 2.44 bits per heavy atom. The highest BCUT2D eigenvalue weighted by Gasteiger charge is 2.19. The zero-order valence-corrected chi connectivity index (χ0v) is 10.2. The van der Waals surface area contributed by atoms with Crippen LogP contribution in [0.2, 0.25) is 0 Å². The summed E-state index contributed by atoms with van der Waals surface area (Å²) < 4.78 is 12.6. The quantitative estimate of drug-likeness (QED) is 0.696. The molecule has 0 aliphatic rings. The molecule has 0 aromatic carbocycles. The Hall–Kier alpha value is -0.910. The summed E-state index contributed by atoms with van der Waals surface area (Å²) in [7, 11) is 1.89. The third-order valence-corrected chi connectivity index (χ3v) is 2.23. The van der Waals surface area contributed by atoms with Crippen molar-refractivity contribution in [2.45, 2.75) is 32.6 Å². The maximum Gasteiger partial charge on any atom is 0.172 e. The van der Waals surface area contributed by atoms with Gasteiger partial charge in [-0.1, -0.05) is 0 Å². The summed E-state index contributed by atoms with van der Waals surface area (Å²) >= 11 is 0. The fourth-order valence-electron chi connectivity index (χ4n) is 1.53. The van der Waals surface area contributed by atoms with Gasteiger partial charge in [-0.25, -0.2) is 0 Å². The number of aryl methyl sites for hydroxylation is 1. The summed E-state index contributed by atoms with van der Waals surface area (Å²) in [6.45, 7) is 5.06. The van der Waals surface area contributed by atoms with E-state index in [1.54, 1.807) is 4.68 Å². The molecule has 1 aromatic heterocycles. The van der Waals surface area contributed by atoms with Crippen molar-refractivity contribution in [3.8, 4) is 0 Å². The maximum absolute atomic E-state index is 6.03. The first-order valence-electron chi connectivity index (χ1n) is 5.64. The second-order valence-corrected chi connectivity index (χ2v) is 3.63. The molecule has 0 bridgehead atoms. The van der Waals surface area contributed by atoms with Crippen molar-refractivity contribution in [1.82, 2.24) is 9.78 Å². The highest BCUT2D eigenvalue weighted by atomic mass is 16.7. The van der Waals surface area contributed by atoms with Gasteiger partial charge >= 0.3 is 0 Å². The first-order valence-corrected chi connectivity index (χ1v) is 5.64. The molecule has 0 saturated heterocycles. The van der Waals surface area contributed by atoms with Gasteiger partial charge in [-0.2, -0.15) is 5.10 Å². The van der Waals surface area contributed by atoms with Gasteiger partial charge in [0.2, 0.25) is 0 Å². The molecule has 0 radical (unpaired) electrons. The molecular weight excluding hydrogens is 206 g/mol. The summed E-state index contributed by atoms with van der Waals surface area (Å²) in [6.07, 6.45) is 2.21. The first kappa shape index (κ1) is 13.2. The third kappa shape index (κ3) is 3.92. The van der Waals surface area contributed by atoms with Gasteiger partial charge in [0.05, 0.1) is 11.7 Å². The van der Waals surface area contributed by atoms with E-state index >= 15 is 0 Å². The molecule has 0 fully saturated rings. The Bertz CT molecular complexity index is 295. The number of ether oxygens (including phenoxy) is 2. The summed E-state index contributed by atoms with van der Waals surface area (Å²) in [5.41, 5.74) is 6.99. The van der Waals surface area contributed by atoms with E-state index in [4.69, 9.17) is 15.2 Å². The molecule has 2 N–H and O–H groups in total. The van der Waals surface area contributed by atoms with Crippen molar-refractivity contribution >= 4 is 0 Å². The lowest BCUT2D eigenvalue weighted by Gasteiger charge is -2.22. The first-order chi connectivity index (χ1) is 7.67. The van der Waals surface area contributed by atoms with Crippen LogP contribution < -0.4 is 5.73 Å². The molecule has 1 aromatic rings. The number of hydrogen-bond donors (Lipinski definition) is 1. The zero-order chi connectivity index (χ0) is 12.0. The van der Waals surface area contributed by atoms with Crippen LogP contribution in [-0.4, -0.2) is 35.3 Å². The molecule has 92 valence electrons. The number of rotatable bonds is 7. The molecule has 1 heterocycles. The minimum absolute atomic E-state index is 0.185. The second-order valence-electron chi connectivity index (χ2n) is 3.63. The lowest BCUT2D eigenvalue weighted by molar-refractivity contribution is -0.148. The highest BCUT2D eigenvalue weighted by Crippen LogP contribution is 2.06. The van der Waals surface area contributed by atoms with Crippen LogP contribution in [0, 0.1) is 0 Å². The average molecular weight is 227 g/mol. The largest absolute Gasteiger partial charge is 0.351 e. The van der Waals surface area contributed by atoms with Crippen molar-refractivity contribution < 1.29 is 9.47 Å². The van der Waals surface area contributed by atoms with Gasteiger partial charge in [0, 0.05) is 32.9 Å². The number of nitrogens with zero attached hydrogens (tertiary/aromatic N) is 2. The van der Waals surface area contributed by atoms with Gasteiger partial charge in [0.25, 0.3) is 0 Å². The standard InChI is InChI=1S/C11H21N3O2/c1-4-15-11(16-5-2)10(12)8-9-6-7-14(3)13-9/h6-7,10-11H,4-5,8,12H2,1-3H3. The van der Waals surface area contributed by atoms with Crippen LogP contribution in [0.5, 0.6) is 0 Å². The van der Waals surface area contributed by atoms with E-state index < -0.39 is 0 Å². The van der Waals surface area contributed by atoms with Gasteiger partial charge in [0.1, 0.15) is 0 Å². The Balaban J connectivity index is 2.50. The lowest BCUT2D eigenvalue weighted by Crippen LogP contribution is -2.40. The van der Waals surface area contributed by atoms with E-state index in [1.807, 2.05) is 33.2 Å². The molecule has 1 unspecified atom stereocenters. The summed E-state index contributed by atoms with van der Waals surface area (Å²) in [5, 5.41) is 4.28. The maximum atomic E-state index is 6.03. The topological polar surface area (TPSA) is 62.3 Å². The van der Waals surface area contributed by atoms with E-state index in [1.165, 1.54) is 0 Å². The van der Waals surface area contributed by atoms with Crippen LogP contribution >= 0.6 is 0 Å². The van der Waals surface area contributed by atoms with Gasteiger partial charge < -0.3 is 15.2 Å². The molecule has 5 nitrogen and oxygen atoms in total. The van der Waals surface area contributed by atoms with Crippen LogP contribution in [0.3, 0.4) is 0 Å². The predicted molar refractivity (Wildman–Crippen MR) is 61.9 cm³/mol. The van der Waals surface area contributed by atoms with Crippen LogP contribution in [0.25, 0.3) is 0 Å². The smallest absolute Gasteiger partial charge is 0.172 e. The Labute approximate surface area is 96.5 Å². The van der Waals surface area contributed by atoms with E-state index in [0.717, 1.165) is 5.69 Å². The lowest BCUT2D eigenvalue weighted by atomic mass is 10.1. The molecule has 1 rings (SSSR count). The fourth-order valence-corrected chi connectivity index (χ4v) is 1.53. The van der Waals surface area contributed by atoms with Crippen molar-refractivity contribution in [3.63, 3.8) is 0 Å². The Morgan fingerprint density at radius 2 is 2.00 bits per heavy atom. The van der Waals surface area contributed by atoms with Crippen molar-refractivity contribution in [3.05, 3.63) is 18.0 Å². The summed E-state index contributed by atoms with van der Waals surface area (Å²) in [6, 6.07) is 1.77. The van der Waals surface area contributed by atoms with Gasteiger partial charge in [-0.15, -0.1) is 0 Å². The van der Waals surface area contributed by atoms with Crippen LogP contribution in [0.1, 0.15) is 19.5 Å². The van der Waals surface area contributed by atoms with Crippen LogP contribution in [0.15, 0.2) is 12.3 Å². The number of hydrogen-bond acceptors (Lipinski definition) is 4. The van der Waals surface area contributed by atoms with Crippen molar-refractivity contribution in [2.75, 3.05) is 13.2 Å². The zero-order valence-electron chi connectivity index (χ0n) is 10.2. The normalized spacial score (nSPS) is 13.3. The SMILES string of the molecule is CCOC(OCC)C(N)Cc1ccn(C)n1. The van der Waals surface area contributed by atoms with E-state index in [0.29, 0.717) is 19.6 Å². The van der Waals surface area contributed by atoms with Crippen LogP contribution in [-0.2, 0) is 22.9 Å². The Morgan fingerprint density at radius 1 is 1.38 bits per heavy atom. The number of aromatic nitrogens is 2. The van der Waals surface area contributed by atoms with Gasteiger partial charge in [-0.05, 0) is 19.9 Å². The summed E-state index contributed by atoms with van der Waals surface area (Å²) in [5.74, 6) is 0. The molecule has 5 heteroatoms. The average Bonchev–Trinajstić information content (AvgIpc) is 2.63. The van der Waals surface area contributed by atoms with Gasteiger partial charge in [0.15, 0.2) is 6.29 Å². The molecule has 0 aliphatic carbocycles. The minimum Gasteiger partial charge on any atom is -0.351 e. The van der Waals surface area contributed by atoms with E-state index in [-0.39, 0.29) is 12.3 Å². The molecule has 0 amide bonds. The monoisotopic (exact) mass is 227 g/mol. The molecule has 0 saturated carbocycles. The van der Waals surface area contributed by atoms with E-state index in [2.05, 4.69) is 5.10 Å². The predicted octanol–water partition coefficient (Wildman–Crippen LogP) is 0.689. The fraction of sp³-hybridized carbons (Fsp3) is 0.727.